The molecule has 2 rings (SSSR count). The van der Waals surface area contributed by atoms with Gasteiger partial charge in [0.25, 0.3) is 10.0 Å². The van der Waals surface area contributed by atoms with E-state index in [1.54, 1.807) is 30.4 Å². The number of nitrogens with zero attached hydrogens (tertiary/aromatic N) is 3. The lowest BCUT2D eigenvalue weighted by atomic mass is 10.4. The Morgan fingerprint density at radius 2 is 2.35 bits per heavy atom. The van der Waals surface area contributed by atoms with Crippen LogP contribution in [0.15, 0.2) is 16.6 Å². The molecule has 0 bridgehead atoms. The summed E-state index contributed by atoms with van der Waals surface area (Å²) in [7, 11) is -2.10. The number of imidazole rings is 1. The van der Waals surface area contributed by atoms with Crippen LogP contribution in [0.5, 0.6) is 0 Å². The Balaban J connectivity index is 2.53. The average molecular weight is 335 g/mol. The van der Waals surface area contributed by atoms with E-state index in [0.29, 0.717) is 10.7 Å². The van der Waals surface area contributed by atoms with E-state index >= 15 is 0 Å². The molecule has 0 fully saturated rings. The lowest BCUT2D eigenvalue weighted by Crippen LogP contribution is -2.37. The number of rotatable bonds is 6. The first-order valence-corrected chi connectivity index (χ1v) is 9.54. The molecule has 3 N–H and O–H groups in total. The molecular weight excluding hydrogens is 318 g/mol. The average Bonchev–Trinajstić information content (AvgIpc) is 2.96. The minimum atomic E-state index is -3.67. The molecule has 0 spiro atoms. The van der Waals surface area contributed by atoms with Crippen molar-refractivity contribution in [2.45, 2.75) is 18.0 Å². The van der Waals surface area contributed by atoms with Gasteiger partial charge in [0.15, 0.2) is 10.8 Å². The molecule has 2 aromatic rings. The molecule has 112 valence electrons. The predicted octanol–water partition coefficient (Wildman–Crippen LogP) is 1.05. The maximum absolute atomic E-state index is 12.8. The van der Waals surface area contributed by atoms with E-state index in [1.165, 1.54) is 20.0 Å². The van der Waals surface area contributed by atoms with E-state index in [0.717, 1.165) is 0 Å². The zero-order valence-electron chi connectivity index (χ0n) is 11.4. The molecule has 0 saturated heterocycles. The van der Waals surface area contributed by atoms with E-state index in [1.807, 2.05) is 13.2 Å². The Labute approximate surface area is 126 Å². The zero-order chi connectivity index (χ0) is 14.9. The minimum absolute atomic E-state index is 0.0757. The zero-order valence-corrected chi connectivity index (χ0v) is 13.8. The van der Waals surface area contributed by atoms with Crippen LogP contribution in [0.25, 0.3) is 4.96 Å². The monoisotopic (exact) mass is 335 g/mol. The third-order valence-corrected chi connectivity index (χ3v) is 6.58. The number of aromatic nitrogens is 2. The summed E-state index contributed by atoms with van der Waals surface area (Å²) in [6.07, 6.45) is 3.62. The quantitative estimate of drug-likeness (QED) is 0.605. The number of hydrogen-bond acceptors (Lipinski definition) is 7. The van der Waals surface area contributed by atoms with Gasteiger partial charge in [-0.05, 0) is 13.2 Å². The van der Waals surface area contributed by atoms with Crippen LogP contribution in [0.3, 0.4) is 0 Å². The van der Waals surface area contributed by atoms with Crippen LogP contribution in [0, 0.1) is 0 Å². The molecule has 2 aromatic heterocycles. The van der Waals surface area contributed by atoms with Crippen LogP contribution in [0.2, 0.25) is 0 Å². The molecule has 20 heavy (non-hydrogen) atoms. The van der Waals surface area contributed by atoms with Crippen molar-refractivity contribution in [2.75, 3.05) is 24.5 Å². The molecule has 0 radical (unpaired) electrons. The SMILES string of the molecule is CSCC(C)N(C)S(=O)(=O)c1c(NN)nc2sccn12. The molecule has 0 aliphatic rings. The summed E-state index contributed by atoms with van der Waals surface area (Å²) in [6.45, 7) is 1.87. The summed E-state index contributed by atoms with van der Waals surface area (Å²) in [4.78, 5) is 4.77. The normalized spacial score (nSPS) is 14.1. The van der Waals surface area contributed by atoms with Gasteiger partial charge < -0.3 is 5.43 Å². The van der Waals surface area contributed by atoms with Gasteiger partial charge in [-0.25, -0.2) is 14.3 Å². The van der Waals surface area contributed by atoms with Crippen molar-refractivity contribution in [1.82, 2.24) is 13.7 Å². The van der Waals surface area contributed by atoms with Crippen molar-refractivity contribution in [3.05, 3.63) is 11.6 Å². The molecular formula is C10H17N5O2S3. The number of hydrogen-bond donors (Lipinski definition) is 2. The summed E-state index contributed by atoms with van der Waals surface area (Å²) in [5.74, 6) is 6.28. The minimum Gasteiger partial charge on any atom is -0.306 e. The highest BCUT2D eigenvalue weighted by molar-refractivity contribution is 7.98. The highest BCUT2D eigenvalue weighted by atomic mass is 32.2. The number of nitrogens with one attached hydrogen (secondary N) is 1. The van der Waals surface area contributed by atoms with E-state index in [-0.39, 0.29) is 16.9 Å². The van der Waals surface area contributed by atoms with Crippen molar-refractivity contribution in [3.63, 3.8) is 0 Å². The smallest absolute Gasteiger partial charge is 0.262 e. The summed E-state index contributed by atoms with van der Waals surface area (Å²) in [5.41, 5.74) is 2.37. The maximum Gasteiger partial charge on any atom is 0.262 e. The second-order valence-electron chi connectivity index (χ2n) is 4.29. The fourth-order valence-electron chi connectivity index (χ4n) is 1.82. The molecule has 0 aromatic carbocycles. The fourth-order valence-corrected chi connectivity index (χ4v) is 4.96. The van der Waals surface area contributed by atoms with E-state index in [2.05, 4.69) is 10.4 Å². The molecule has 0 amide bonds. The van der Waals surface area contributed by atoms with Crippen LogP contribution in [0.1, 0.15) is 6.92 Å². The Morgan fingerprint density at radius 1 is 1.65 bits per heavy atom. The third-order valence-electron chi connectivity index (χ3n) is 3.01. The highest BCUT2D eigenvalue weighted by Crippen LogP contribution is 2.28. The van der Waals surface area contributed by atoms with Gasteiger partial charge in [-0.3, -0.25) is 4.40 Å². The molecule has 7 nitrogen and oxygen atoms in total. The molecule has 1 unspecified atom stereocenters. The fraction of sp³-hybridized carbons (Fsp3) is 0.500. The van der Waals surface area contributed by atoms with Crippen LogP contribution < -0.4 is 11.3 Å². The number of thioether (sulfide) groups is 1. The molecule has 2 heterocycles. The Kier molecular flexibility index (Phi) is 4.59. The number of thiazole rings is 1. The van der Waals surface area contributed by atoms with Gasteiger partial charge in [-0.15, -0.1) is 11.3 Å². The van der Waals surface area contributed by atoms with Gasteiger partial charge in [-0.2, -0.15) is 21.1 Å². The van der Waals surface area contributed by atoms with Gasteiger partial charge in [0.05, 0.1) is 0 Å². The second kappa shape index (κ2) is 5.90. The number of hydrazine groups is 1. The van der Waals surface area contributed by atoms with Crippen molar-refractivity contribution in [3.8, 4) is 0 Å². The van der Waals surface area contributed by atoms with Crippen LogP contribution in [0.4, 0.5) is 5.82 Å². The third kappa shape index (κ3) is 2.53. The van der Waals surface area contributed by atoms with Crippen molar-refractivity contribution < 1.29 is 8.42 Å². The number of fused-ring (bicyclic) bond motifs is 1. The van der Waals surface area contributed by atoms with Gasteiger partial charge in [0.1, 0.15) is 0 Å². The topological polar surface area (TPSA) is 92.7 Å². The van der Waals surface area contributed by atoms with Crippen LogP contribution in [-0.2, 0) is 10.0 Å². The van der Waals surface area contributed by atoms with Gasteiger partial charge in [0, 0.05) is 30.4 Å². The number of sulfonamides is 1. The first-order valence-electron chi connectivity index (χ1n) is 5.82. The summed E-state index contributed by atoms with van der Waals surface area (Å²) in [5, 5.41) is 1.86. The second-order valence-corrected chi connectivity index (χ2v) is 7.99. The van der Waals surface area contributed by atoms with Crippen molar-refractivity contribution in [2.24, 2.45) is 5.84 Å². The molecule has 0 aliphatic heterocycles. The van der Waals surface area contributed by atoms with Crippen molar-refractivity contribution >= 4 is 43.9 Å². The van der Waals surface area contributed by atoms with Gasteiger partial charge >= 0.3 is 0 Å². The molecule has 0 aliphatic carbocycles. The van der Waals surface area contributed by atoms with Crippen molar-refractivity contribution in [1.29, 1.82) is 0 Å². The summed E-state index contributed by atoms with van der Waals surface area (Å²) >= 11 is 2.95. The summed E-state index contributed by atoms with van der Waals surface area (Å²) in [6, 6.07) is -0.121. The van der Waals surface area contributed by atoms with E-state index in [9.17, 15) is 8.42 Å². The van der Waals surface area contributed by atoms with E-state index < -0.39 is 10.0 Å². The lowest BCUT2D eigenvalue weighted by molar-refractivity contribution is 0.413. The Hall–Kier alpha value is -0.810. The maximum atomic E-state index is 12.8. The Bertz CT molecular complexity index is 693. The first kappa shape index (κ1) is 15.6. The van der Waals surface area contributed by atoms with E-state index in [4.69, 9.17) is 5.84 Å². The standard InChI is InChI=1S/C10H17N5O2S3/c1-7(6-18-3)14(2)20(16,17)9-8(13-11)12-10-15(9)4-5-19-10/h4-5,7,13H,6,11H2,1-3H3. The van der Waals surface area contributed by atoms with Crippen LogP contribution >= 0.6 is 23.1 Å². The van der Waals surface area contributed by atoms with Gasteiger partial charge in [0.2, 0.25) is 5.03 Å². The highest BCUT2D eigenvalue weighted by Gasteiger charge is 2.32. The van der Waals surface area contributed by atoms with Gasteiger partial charge in [-0.1, -0.05) is 0 Å². The molecule has 0 saturated carbocycles. The largest absolute Gasteiger partial charge is 0.306 e. The number of nitrogens with two attached hydrogens (primary N) is 1. The number of nitrogen functional groups attached to an aromatic ring is 1. The lowest BCUT2D eigenvalue weighted by Gasteiger charge is -2.23. The molecule has 10 heteroatoms. The predicted molar refractivity (Wildman–Crippen MR) is 83.7 cm³/mol. The Morgan fingerprint density at radius 3 is 2.95 bits per heavy atom. The number of anilines is 1. The summed E-state index contributed by atoms with van der Waals surface area (Å²) < 4.78 is 28.4. The molecule has 1 atom stereocenters. The van der Waals surface area contributed by atoms with Crippen LogP contribution in [-0.4, -0.2) is 47.2 Å². The first-order chi connectivity index (χ1) is 9.43.